The number of furan rings is 1. The summed E-state index contributed by atoms with van der Waals surface area (Å²) in [7, 11) is 0. The predicted octanol–water partition coefficient (Wildman–Crippen LogP) is 2.72. The molecule has 1 aromatic heterocycles. The van der Waals surface area contributed by atoms with E-state index in [1.54, 1.807) is 12.1 Å². The third kappa shape index (κ3) is 2.15. The Morgan fingerprint density at radius 1 is 1.33 bits per heavy atom. The third-order valence-electron chi connectivity index (χ3n) is 3.78. The number of fused-ring (bicyclic) bond motifs is 1. The van der Waals surface area contributed by atoms with Crippen LogP contribution < -0.4 is 0 Å². The fraction of sp³-hybridized carbons (Fsp3) is 0.615. The van der Waals surface area contributed by atoms with Gasteiger partial charge in [0.25, 0.3) is 5.91 Å². The molecular weight excluding hydrogens is 254 g/mol. The van der Waals surface area contributed by atoms with Crippen molar-refractivity contribution < 1.29 is 13.9 Å². The molecule has 1 saturated heterocycles. The maximum atomic E-state index is 12.4. The van der Waals surface area contributed by atoms with Gasteiger partial charge in [0, 0.05) is 6.54 Å². The number of carbonyl (C=O) groups is 1. The van der Waals surface area contributed by atoms with Crippen LogP contribution in [-0.2, 0) is 4.74 Å². The van der Waals surface area contributed by atoms with Gasteiger partial charge < -0.3 is 14.1 Å². The first-order valence-electron chi connectivity index (χ1n) is 6.43. The molecule has 18 heavy (non-hydrogen) atoms. The lowest BCUT2D eigenvalue weighted by Gasteiger charge is -2.43. The molecule has 1 aliphatic carbocycles. The number of hydrogen-bond donors (Lipinski definition) is 0. The molecule has 0 radical (unpaired) electrons. The normalized spacial score (nSPS) is 27.9. The van der Waals surface area contributed by atoms with Crippen LogP contribution in [0.15, 0.2) is 16.5 Å². The lowest BCUT2D eigenvalue weighted by molar-refractivity contribution is -0.0759. The standard InChI is InChI=1S/C13H16ClNO3/c14-12-6-5-11(18-12)13(16)15-7-8-17-10-4-2-1-3-9(10)15/h5-6,9-10H,1-4,7-8H2/t9-,10+/m0/s1. The van der Waals surface area contributed by atoms with E-state index in [-0.39, 0.29) is 23.3 Å². The molecule has 5 heteroatoms. The number of rotatable bonds is 1. The Hall–Kier alpha value is -1.00. The lowest BCUT2D eigenvalue weighted by Crippen LogP contribution is -2.54. The third-order valence-corrected chi connectivity index (χ3v) is 3.98. The molecule has 0 unspecified atom stereocenters. The van der Waals surface area contributed by atoms with Crippen LogP contribution in [0.25, 0.3) is 0 Å². The highest BCUT2D eigenvalue weighted by molar-refractivity contribution is 6.29. The Morgan fingerprint density at radius 3 is 2.94 bits per heavy atom. The highest BCUT2D eigenvalue weighted by atomic mass is 35.5. The van der Waals surface area contributed by atoms with Crippen LogP contribution in [0, 0.1) is 0 Å². The minimum atomic E-state index is -0.0675. The fourth-order valence-corrected chi connectivity index (χ4v) is 3.07. The zero-order valence-electron chi connectivity index (χ0n) is 10.1. The Morgan fingerprint density at radius 2 is 2.17 bits per heavy atom. The molecule has 1 amide bonds. The monoisotopic (exact) mass is 269 g/mol. The first kappa shape index (κ1) is 12.1. The van der Waals surface area contributed by atoms with Crippen molar-refractivity contribution in [3.63, 3.8) is 0 Å². The van der Waals surface area contributed by atoms with Crippen LogP contribution in [0.1, 0.15) is 36.2 Å². The summed E-state index contributed by atoms with van der Waals surface area (Å²) in [4.78, 5) is 14.3. The summed E-state index contributed by atoms with van der Waals surface area (Å²) in [5.41, 5.74) is 0. The van der Waals surface area contributed by atoms with E-state index in [1.165, 1.54) is 6.42 Å². The number of amides is 1. The van der Waals surface area contributed by atoms with Crippen molar-refractivity contribution in [2.75, 3.05) is 13.2 Å². The van der Waals surface area contributed by atoms with E-state index in [2.05, 4.69) is 0 Å². The largest absolute Gasteiger partial charge is 0.440 e. The summed E-state index contributed by atoms with van der Waals surface area (Å²) in [6.45, 7) is 1.25. The van der Waals surface area contributed by atoms with Gasteiger partial charge in [-0.05, 0) is 36.6 Å². The van der Waals surface area contributed by atoms with Gasteiger partial charge in [-0.3, -0.25) is 4.79 Å². The van der Waals surface area contributed by atoms with E-state index >= 15 is 0 Å². The van der Waals surface area contributed by atoms with Crippen molar-refractivity contribution in [1.29, 1.82) is 0 Å². The van der Waals surface area contributed by atoms with Crippen LogP contribution in [0.2, 0.25) is 5.22 Å². The van der Waals surface area contributed by atoms with E-state index in [0.717, 1.165) is 19.3 Å². The van der Waals surface area contributed by atoms with Crippen LogP contribution in [0.5, 0.6) is 0 Å². The molecule has 2 fully saturated rings. The SMILES string of the molecule is O=C(c1ccc(Cl)o1)N1CCO[C@@H]2CCCC[C@@H]21. The predicted molar refractivity (Wildman–Crippen MR) is 66.8 cm³/mol. The van der Waals surface area contributed by atoms with Crippen molar-refractivity contribution >= 4 is 17.5 Å². The van der Waals surface area contributed by atoms with Gasteiger partial charge in [0.1, 0.15) is 0 Å². The molecular formula is C13H16ClNO3. The molecule has 4 nitrogen and oxygen atoms in total. The van der Waals surface area contributed by atoms with Gasteiger partial charge in [-0.25, -0.2) is 0 Å². The second-order valence-electron chi connectivity index (χ2n) is 4.86. The van der Waals surface area contributed by atoms with E-state index in [1.807, 2.05) is 4.90 Å². The number of halogens is 1. The van der Waals surface area contributed by atoms with Crippen LogP contribution in [-0.4, -0.2) is 36.1 Å². The van der Waals surface area contributed by atoms with E-state index in [9.17, 15) is 4.79 Å². The van der Waals surface area contributed by atoms with Crippen molar-refractivity contribution in [2.24, 2.45) is 0 Å². The Balaban J connectivity index is 1.79. The van der Waals surface area contributed by atoms with Crippen molar-refractivity contribution in [3.8, 4) is 0 Å². The Labute approximate surface area is 111 Å². The zero-order chi connectivity index (χ0) is 12.5. The molecule has 0 spiro atoms. The van der Waals surface area contributed by atoms with Gasteiger partial charge in [-0.2, -0.15) is 0 Å². The molecule has 2 heterocycles. The second kappa shape index (κ2) is 4.94. The quantitative estimate of drug-likeness (QED) is 0.787. The number of ether oxygens (including phenoxy) is 1. The maximum Gasteiger partial charge on any atom is 0.290 e. The second-order valence-corrected chi connectivity index (χ2v) is 5.24. The Kier molecular flexibility index (Phi) is 3.31. The summed E-state index contributed by atoms with van der Waals surface area (Å²) in [5, 5.41) is 0.256. The number of hydrogen-bond acceptors (Lipinski definition) is 3. The van der Waals surface area contributed by atoms with Crippen molar-refractivity contribution in [1.82, 2.24) is 4.90 Å². The molecule has 3 rings (SSSR count). The van der Waals surface area contributed by atoms with Gasteiger partial charge in [-0.15, -0.1) is 0 Å². The van der Waals surface area contributed by atoms with Gasteiger partial charge in [0.15, 0.2) is 11.0 Å². The summed E-state index contributed by atoms with van der Waals surface area (Å²) < 4.78 is 11.0. The Bertz CT molecular complexity index is 443. The summed E-state index contributed by atoms with van der Waals surface area (Å²) in [6, 6.07) is 3.44. The average molecular weight is 270 g/mol. The van der Waals surface area contributed by atoms with E-state index in [4.69, 9.17) is 20.8 Å². The van der Waals surface area contributed by atoms with Gasteiger partial charge in [0.2, 0.25) is 0 Å². The van der Waals surface area contributed by atoms with Gasteiger partial charge in [0.05, 0.1) is 18.8 Å². The molecule has 0 bridgehead atoms. The molecule has 0 N–H and O–H groups in total. The smallest absolute Gasteiger partial charge is 0.290 e. The zero-order valence-corrected chi connectivity index (χ0v) is 10.9. The molecule has 1 saturated carbocycles. The average Bonchev–Trinajstić information content (AvgIpc) is 2.84. The van der Waals surface area contributed by atoms with Crippen LogP contribution in [0.4, 0.5) is 0 Å². The van der Waals surface area contributed by atoms with Crippen molar-refractivity contribution in [2.45, 2.75) is 37.8 Å². The first-order valence-corrected chi connectivity index (χ1v) is 6.81. The summed E-state index contributed by atoms with van der Waals surface area (Å²) in [6.07, 6.45) is 4.61. The van der Waals surface area contributed by atoms with Gasteiger partial charge in [-0.1, -0.05) is 12.8 Å². The minimum absolute atomic E-state index is 0.0675. The lowest BCUT2D eigenvalue weighted by atomic mass is 9.90. The minimum Gasteiger partial charge on any atom is -0.440 e. The molecule has 1 aromatic rings. The molecule has 98 valence electrons. The fourth-order valence-electron chi connectivity index (χ4n) is 2.92. The first-order chi connectivity index (χ1) is 8.75. The summed E-state index contributed by atoms with van der Waals surface area (Å²) in [5.74, 6) is 0.258. The molecule has 2 aliphatic rings. The maximum absolute atomic E-state index is 12.4. The highest BCUT2D eigenvalue weighted by Crippen LogP contribution is 2.29. The van der Waals surface area contributed by atoms with E-state index in [0.29, 0.717) is 18.9 Å². The van der Waals surface area contributed by atoms with Crippen LogP contribution in [0.3, 0.4) is 0 Å². The molecule has 2 atom stereocenters. The molecule has 0 aromatic carbocycles. The van der Waals surface area contributed by atoms with Crippen molar-refractivity contribution in [3.05, 3.63) is 23.1 Å². The summed E-state index contributed by atoms with van der Waals surface area (Å²) >= 11 is 5.72. The number of nitrogens with zero attached hydrogens (tertiary/aromatic N) is 1. The number of morpholine rings is 1. The number of carbonyl (C=O) groups excluding carboxylic acids is 1. The molecule has 1 aliphatic heterocycles. The highest BCUT2D eigenvalue weighted by Gasteiger charge is 2.37. The van der Waals surface area contributed by atoms with E-state index < -0.39 is 0 Å². The van der Waals surface area contributed by atoms with Crippen LogP contribution >= 0.6 is 11.6 Å². The topological polar surface area (TPSA) is 42.7 Å². The van der Waals surface area contributed by atoms with Gasteiger partial charge >= 0.3 is 0 Å².